The highest BCUT2D eigenvalue weighted by molar-refractivity contribution is 5.75. The number of hydrogen-bond acceptors (Lipinski definition) is 2. The molecule has 1 amide bonds. The van der Waals surface area contributed by atoms with E-state index in [1.54, 1.807) is 0 Å². The predicted molar refractivity (Wildman–Crippen MR) is 115 cm³/mol. The minimum Gasteiger partial charge on any atom is -0.395 e. The molecule has 0 fully saturated rings. The van der Waals surface area contributed by atoms with Crippen molar-refractivity contribution in [3.05, 3.63) is 36.5 Å². The Morgan fingerprint density at radius 2 is 1.65 bits per heavy atom. The molecule has 0 radical (unpaired) electrons. The zero-order valence-electron chi connectivity index (χ0n) is 17.7. The monoisotopic (exact) mass is 365 g/mol. The molecule has 0 bridgehead atoms. The first-order valence-corrected chi connectivity index (χ1v) is 10.4. The predicted octanol–water partition coefficient (Wildman–Crippen LogP) is 5.96. The Bertz CT molecular complexity index is 370. The van der Waals surface area contributed by atoms with E-state index in [-0.39, 0.29) is 12.5 Å². The van der Waals surface area contributed by atoms with Crippen LogP contribution in [0, 0.1) is 5.92 Å². The van der Waals surface area contributed by atoms with E-state index in [1.165, 1.54) is 25.7 Å². The molecule has 0 aromatic rings. The van der Waals surface area contributed by atoms with Crippen molar-refractivity contribution in [2.75, 3.05) is 13.2 Å². The maximum Gasteiger partial charge on any atom is 0.220 e. The molecule has 0 aromatic heterocycles. The minimum atomic E-state index is 0.0129. The molecule has 3 nitrogen and oxygen atoms in total. The van der Waals surface area contributed by atoms with Gasteiger partial charge in [0.2, 0.25) is 5.91 Å². The van der Waals surface area contributed by atoms with Crippen LogP contribution in [-0.4, -0.2) is 24.2 Å². The molecule has 0 atom stereocenters. The number of nitrogens with one attached hydrogen (secondary N) is 1. The second-order valence-corrected chi connectivity index (χ2v) is 6.72. The van der Waals surface area contributed by atoms with E-state index in [4.69, 9.17) is 5.11 Å². The summed E-state index contributed by atoms with van der Waals surface area (Å²) in [7, 11) is 0. The molecule has 0 saturated carbocycles. The zero-order chi connectivity index (χ0) is 19.9. The zero-order valence-corrected chi connectivity index (χ0v) is 17.7. The highest BCUT2D eigenvalue weighted by Gasteiger charge is 1.97. The fourth-order valence-electron chi connectivity index (χ4n) is 2.10. The van der Waals surface area contributed by atoms with E-state index < -0.39 is 0 Å². The van der Waals surface area contributed by atoms with Crippen LogP contribution in [0.4, 0.5) is 0 Å². The summed E-state index contributed by atoms with van der Waals surface area (Å²) in [5.41, 5.74) is 0. The third-order valence-electron chi connectivity index (χ3n) is 3.55. The van der Waals surface area contributed by atoms with Gasteiger partial charge >= 0.3 is 0 Å². The summed E-state index contributed by atoms with van der Waals surface area (Å²) in [6.45, 7) is 9.05. The van der Waals surface area contributed by atoms with Gasteiger partial charge in [0, 0.05) is 13.0 Å². The van der Waals surface area contributed by atoms with Crippen molar-refractivity contribution >= 4 is 5.91 Å². The van der Waals surface area contributed by atoms with E-state index in [0.717, 1.165) is 25.7 Å². The first-order chi connectivity index (χ1) is 12.6. The smallest absolute Gasteiger partial charge is 0.220 e. The van der Waals surface area contributed by atoms with Crippen LogP contribution in [-0.2, 0) is 4.79 Å². The van der Waals surface area contributed by atoms with Gasteiger partial charge in [-0.2, -0.15) is 0 Å². The van der Waals surface area contributed by atoms with Crippen molar-refractivity contribution in [2.45, 2.75) is 85.5 Å². The Morgan fingerprint density at radius 3 is 2.27 bits per heavy atom. The molecule has 2 N–H and O–H groups in total. The van der Waals surface area contributed by atoms with Crippen LogP contribution in [0.1, 0.15) is 85.5 Å². The van der Waals surface area contributed by atoms with Gasteiger partial charge in [-0.25, -0.2) is 0 Å². The first kappa shape index (κ1) is 26.9. The maximum absolute atomic E-state index is 11.1. The number of carbonyl (C=O) groups is 1. The van der Waals surface area contributed by atoms with Gasteiger partial charge in [0.15, 0.2) is 0 Å². The van der Waals surface area contributed by atoms with Crippen molar-refractivity contribution in [3.63, 3.8) is 0 Å². The van der Waals surface area contributed by atoms with Crippen molar-refractivity contribution in [2.24, 2.45) is 5.92 Å². The minimum absolute atomic E-state index is 0.0129. The lowest BCUT2D eigenvalue weighted by Crippen LogP contribution is -2.25. The number of aliphatic hydroxyl groups excluding tert-OH is 1. The molecule has 152 valence electrons. The van der Waals surface area contributed by atoms with E-state index in [0.29, 0.717) is 18.9 Å². The van der Waals surface area contributed by atoms with Gasteiger partial charge in [-0.05, 0) is 44.4 Å². The quantitative estimate of drug-likeness (QED) is 0.295. The van der Waals surface area contributed by atoms with Crippen molar-refractivity contribution in [1.29, 1.82) is 0 Å². The summed E-state index contributed by atoms with van der Waals surface area (Å²) < 4.78 is 0. The molecule has 0 aromatic carbocycles. The van der Waals surface area contributed by atoms with Gasteiger partial charge in [-0.15, -0.1) is 0 Å². The number of allylic oxidation sites excluding steroid dienone is 6. The molecule has 0 unspecified atom stereocenters. The summed E-state index contributed by atoms with van der Waals surface area (Å²) >= 11 is 0. The van der Waals surface area contributed by atoms with Crippen molar-refractivity contribution in [3.8, 4) is 0 Å². The van der Waals surface area contributed by atoms with Gasteiger partial charge < -0.3 is 10.4 Å². The van der Waals surface area contributed by atoms with E-state index in [9.17, 15) is 4.79 Å². The fraction of sp³-hybridized carbons (Fsp3) is 0.696. The van der Waals surface area contributed by atoms with Crippen LogP contribution in [0.15, 0.2) is 36.5 Å². The molecule has 0 aliphatic heterocycles. The Kier molecular flexibility index (Phi) is 24.4. The second-order valence-electron chi connectivity index (χ2n) is 6.72. The standard InChI is InChI=1S/C12H22.C11H21NO2/c1-3-5-7-9-11-12-10-8-6-4-2;1-10(2)6-4-3-5-7-11(14)12-8-9-13/h5,7,11-12H,3-4,6,8-10H2,1-2H3;4,6,10,13H,3,5,7-9H2,1-2H3,(H,12,14)/b7-5-,12-11-;6-4-. The normalized spacial score (nSPS) is 11.5. The largest absolute Gasteiger partial charge is 0.395 e. The van der Waals surface area contributed by atoms with E-state index in [1.807, 2.05) is 0 Å². The van der Waals surface area contributed by atoms with Crippen molar-refractivity contribution < 1.29 is 9.90 Å². The third-order valence-corrected chi connectivity index (χ3v) is 3.55. The lowest BCUT2D eigenvalue weighted by atomic mass is 10.1. The molecule has 0 spiro atoms. The van der Waals surface area contributed by atoms with Gasteiger partial charge in [0.25, 0.3) is 0 Å². The summed E-state index contributed by atoms with van der Waals surface area (Å²) in [5, 5.41) is 11.1. The first-order valence-electron chi connectivity index (χ1n) is 10.4. The highest BCUT2D eigenvalue weighted by Crippen LogP contribution is 2.01. The second kappa shape index (κ2) is 23.6. The Morgan fingerprint density at radius 1 is 0.962 bits per heavy atom. The van der Waals surface area contributed by atoms with Crippen molar-refractivity contribution in [1.82, 2.24) is 5.32 Å². The molecular formula is C23H43NO2. The molecule has 0 saturated heterocycles. The number of hydrogen-bond donors (Lipinski definition) is 2. The van der Waals surface area contributed by atoms with Crippen LogP contribution in [0.2, 0.25) is 0 Å². The summed E-state index contributed by atoms with van der Waals surface area (Å²) in [6.07, 6.45) is 23.2. The van der Waals surface area contributed by atoms with Crippen LogP contribution in [0.3, 0.4) is 0 Å². The summed E-state index contributed by atoms with van der Waals surface area (Å²) in [6, 6.07) is 0. The molecule has 26 heavy (non-hydrogen) atoms. The van der Waals surface area contributed by atoms with E-state index in [2.05, 4.69) is 69.5 Å². The Hall–Kier alpha value is -1.35. The number of rotatable bonds is 14. The number of aliphatic hydroxyl groups is 1. The lowest BCUT2D eigenvalue weighted by molar-refractivity contribution is -0.121. The van der Waals surface area contributed by atoms with Crippen LogP contribution in [0.25, 0.3) is 0 Å². The van der Waals surface area contributed by atoms with E-state index >= 15 is 0 Å². The number of unbranched alkanes of at least 4 members (excludes halogenated alkanes) is 4. The van der Waals surface area contributed by atoms with Crippen LogP contribution in [0.5, 0.6) is 0 Å². The Labute approximate surface area is 162 Å². The number of amides is 1. The molecule has 0 aliphatic rings. The van der Waals surface area contributed by atoms with Gasteiger partial charge in [-0.1, -0.05) is 77.0 Å². The molecule has 0 heterocycles. The average Bonchev–Trinajstić information content (AvgIpc) is 2.62. The van der Waals surface area contributed by atoms with Gasteiger partial charge in [-0.3, -0.25) is 4.79 Å². The molecule has 0 aliphatic carbocycles. The Balaban J connectivity index is 0. The van der Waals surface area contributed by atoms with Crippen LogP contribution < -0.4 is 5.32 Å². The average molecular weight is 366 g/mol. The van der Waals surface area contributed by atoms with Gasteiger partial charge in [0.05, 0.1) is 6.61 Å². The summed E-state index contributed by atoms with van der Waals surface area (Å²) in [5.74, 6) is 0.607. The topological polar surface area (TPSA) is 49.3 Å². The maximum atomic E-state index is 11.1. The third kappa shape index (κ3) is 27.5. The molecule has 0 rings (SSSR count). The fourth-order valence-corrected chi connectivity index (χ4v) is 2.10. The molecular weight excluding hydrogens is 322 g/mol. The highest BCUT2D eigenvalue weighted by atomic mass is 16.3. The number of carbonyl (C=O) groups excluding carboxylic acids is 1. The summed E-state index contributed by atoms with van der Waals surface area (Å²) in [4.78, 5) is 11.1. The van der Waals surface area contributed by atoms with Gasteiger partial charge in [0.1, 0.15) is 0 Å². The van der Waals surface area contributed by atoms with Crippen LogP contribution >= 0.6 is 0 Å². The SMILES string of the molecule is CC(C)/C=C\CCCC(=O)NCCO.CC/C=C\C/C=C\CCCCC. The lowest BCUT2D eigenvalue weighted by Gasteiger charge is -2.01. The molecule has 3 heteroatoms.